The van der Waals surface area contributed by atoms with Gasteiger partial charge in [0.05, 0.1) is 11.6 Å². The van der Waals surface area contributed by atoms with Gasteiger partial charge in [0.25, 0.3) is 6.43 Å². The molecular weight excluding hydrogens is 242 g/mol. The normalized spacial score (nSPS) is 10.6. The fourth-order valence-corrected chi connectivity index (χ4v) is 1.35. The average molecular weight is 251 g/mol. The molecule has 0 atom stereocenters. The van der Waals surface area contributed by atoms with Crippen molar-refractivity contribution in [3.63, 3.8) is 0 Å². The van der Waals surface area contributed by atoms with Gasteiger partial charge in [-0.3, -0.25) is 0 Å². The first kappa shape index (κ1) is 12.6. The number of carbonyl (C=O) groups excluding carboxylic acids is 1. The molecule has 1 aromatic heterocycles. The molecule has 1 aromatic rings. The Morgan fingerprint density at radius 1 is 1.69 bits per heavy atom. The summed E-state index contributed by atoms with van der Waals surface area (Å²) in [5.74, 6) is -1.14. The minimum atomic E-state index is -2.80. The molecule has 0 amide bonds. The molecule has 0 bridgehead atoms. The average Bonchev–Trinajstić information content (AvgIpc) is 2.16. The lowest BCUT2D eigenvalue weighted by atomic mass is 10.2. The summed E-state index contributed by atoms with van der Waals surface area (Å²) in [7, 11) is 0. The minimum absolute atomic E-state index is 0.130. The fraction of sp³-hybridized carbons (Fsp3) is 0.333. The Balaban J connectivity index is 3.17. The van der Waals surface area contributed by atoms with E-state index in [1.54, 1.807) is 6.92 Å². The zero-order chi connectivity index (χ0) is 12.3. The summed E-state index contributed by atoms with van der Waals surface area (Å²) in [5, 5.41) is -0.193. The number of rotatable bonds is 3. The van der Waals surface area contributed by atoms with E-state index in [9.17, 15) is 13.6 Å². The van der Waals surface area contributed by atoms with Crippen LogP contribution >= 0.6 is 11.6 Å². The van der Waals surface area contributed by atoms with Gasteiger partial charge in [-0.05, 0) is 13.0 Å². The number of nitrogen functional groups attached to an aromatic ring is 1. The fourth-order valence-electron chi connectivity index (χ4n) is 1.07. The largest absolute Gasteiger partial charge is 0.462 e. The van der Waals surface area contributed by atoms with Crippen molar-refractivity contribution in [2.75, 3.05) is 12.3 Å². The monoisotopic (exact) mass is 250 g/mol. The van der Waals surface area contributed by atoms with Crippen LogP contribution < -0.4 is 5.73 Å². The molecule has 0 spiro atoms. The van der Waals surface area contributed by atoms with Gasteiger partial charge in [-0.25, -0.2) is 18.6 Å². The summed E-state index contributed by atoms with van der Waals surface area (Å²) in [6.45, 7) is 1.73. The molecule has 0 fully saturated rings. The predicted octanol–water partition coefficient (Wildman–Crippen LogP) is 2.43. The lowest BCUT2D eigenvalue weighted by Gasteiger charge is -2.08. The van der Waals surface area contributed by atoms with Gasteiger partial charge in [0.15, 0.2) is 0 Å². The molecule has 0 aliphatic heterocycles. The number of nitrogens with two attached hydrogens (primary N) is 1. The lowest BCUT2D eigenvalue weighted by molar-refractivity contribution is 0.0527. The third-order valence-corrected chi connectivity index (χ3v) is 2.02. The molecule has 88 valence electrons. The van der Waals surface area contributed by atoms with Crippen LogP contribution in [0.25, 0.3) is 0 Å². The number of esters is 1. The van der Waals surface area contributed by atoms with Gasteiger partial charge in [0, 0.05) is 0 Å². The van der Waals surface area contributed by atoms with Gasteiger partial charge >= 0.3 is 5.97 Å². The Labute approximate surface area is 95.4 Å². The first-order chi connectivity index (χ1) is 7.47. The van der Waals surface area contributed by atoms with Crippen LogP contribution in [0.4, 0.5) is 14.6 Å². The summed E-state index contributed by atoms with van der Waals surface area (Å²) in [5.41, 5.74) is 4.60. The van der Waals surface area contributed by atoms with Gasteiger partial charge in [0.1, 0.15) is 17.1 Å². The molecule has 1 rings (SSSR count). The predicted molar refractivity (Wildman–Crippen MR) is 54.6 cm³/mol. The van der Waals surface area contributed by atoms with Crippen LogP contribution in [0.5, 0.6) is 0 Å². The Kier molecular flexibility index (Phi) is 4.00. The SMILES string of the molecule is CCOC(=O)c1c(Cl)cc(C(F)F)nc1N. The standard InChI is InChI=1S/C9H9ClF2N2O2/c1-2-16-9(15)6-4(10)3-5(7(11)12)14-8(6)13/h3,7H,2H2,1H3,(H2,13,14). The molecule has 0 aliphatic carbocycles. The Hall–Kier alpha value is -1.43. The number of hydrogen-bond acceptors (Lipinski definition) is 4. The van der Waals surface area contributed by atoms with Gasteiger partial charge in [-0.15, -0.1) is 0 Å². The molecule has 0 saturated heterocycles. The quantitative estimate of drug-likeness (QED) is 0.837. The van der Waals surface area contributed by atoms with Crippen LogP contribution in [0.2, 0.25) is 5.02 Å². The van der Waals surface area contributed by atoms with Crippen molar-refractivity contribution in [2.45, 2.75) is 13.3 Å². The summed E-state index contributed by atoms with van der Waals surface area (Å²) in [4.78, 5) is 14.7. The smallest absolute Gasteiger partial charge is 0.343 e. The topological polar surface area (TPSA) is 65.2 Å². The summed E-state index contributed by atoms with van der Waals surface area (Å²) in [6, 6.07) is 0.898. The molecule has 0 saturated carbocycles. The second kappa shape index (κ2) is 5.07. The molecule has 4 nitrogen and oxygen atoms in total. The second-order valence-corrected chi connectivity index (χ2v) is 3.22. The summed E-state index contributed by atoms with van der Waals surface area (Å²) in [6.07, 6.45) is -2.80. The molecular formula is C9H9ClF2N2O2. The molecule has 2 N–H and O–H groups in total. The highest BCUT2D eigenvalue weighted by molar-refractivity contribution is 6.34. The van der Waals surface area contributed by atoms with Crippen LogP contribution in [0.1, 0.15) is 29.4 Å². The number of nitrogens with zero attached hydrogens (tertiary/aromatic N) is 1. The van der Waals surface area contributed by atoms with E-state index in [-0.39, 0.29) is 23.0 Å². The van der Waals surface area contributed by atoms with Gasteiger partial charge in [-0.2, -0.15) is 0 Å². The van der Waals surface area contributed by atoms with Gasteiger partial charge in [-0.1, -0.05) is 11.6 Å². The number of anilines is 1. The lowest BCUT2D eigenvalue weighted by Crippen LogP contribution is -2.11. The molecule has 0 unspecified atom stereocenters. The van der Waals surface area contributed by atoms with E-state index in [0.29, 0.717) is 0 Å². The van der Waals surface area contributed by atoms with E-state index in [0.717, 1.165) is 6.07 Å². The number of ether oxygens (including phenoxy) is 1. The van der Waals surface area contributed by atoms with Crippen molar-refractivity contribution in [1.82, 2.24) is 4.98 Å². The summed E-state index contributed by atoms with van der Waals surface area (Å²) >= 11 is 5.66. The van der Waals surface area contributed by atoms with Crippen LogP contribution in [0.3, 0.4) is 0 Å². The molecule has 0 aliphatic rings. The van der Waals surface area contributed by atoms with E-state index >= 15 is 0 Å². The van der Waals surface area contributed by atoms with Crippen LogP contribution in [0, 0.1) is 0 Å². The maximum atomic E-state index is 12.3. The van der Waals surface area contributed by atoms with Gasteiger partial charge < -0.3 is 10.5 Å². The Morgan fingerprint density at radius 2 is 2.31 bits per heavy atom. The van der Waals surface area contributed by atoms with Crippen LogP contribution in [-0.2, 0) is 4.74 Å². The van der Waals surface area contributed by atoms with Crippen molar-refractivity contribution in [1.29, 1.82) is 0 Å². The maximum Gasteiger partial charge on any atom is 0.343 e. The summed E-state index contributed by atoms with van der Waals surface area (Å²) < 4.78 is 29.3. The molecule has 16 heavy (non-hydrogen) atoms. The third kappa shape index (κ3) is 2.57. The highest BCUT2D eigenvalue weighted by atomic mass is 35.5. The molecule has 1 heterocycles. The van der Waals surface area contributed by atoms with Crippen molar-refractivity contribution < 1.29 is 18.3 Å². The Bertz CT molecular complexity index is 389. The zero-order valence-corrected chi connectivity index (χ0v) is 9.09. The van der Waals surface area contributed by atoms with E-state index < -0.39 is 18.1 Å². The van der Waals surface area contributed by atoms with Crippen molar-refractivity contribution in [2.24, 2.45) is 0 Å². The second-order valence-electron chi connectivity index (χ2n) is 2.81. The van der Waals surface area contributed by atoms with Crippen molar-refractivity contribution in [3.8, 4) is 0 Å². The highest BCUT2D eigenvalue weighted by Crippen LogP contribution is 2.27. The number of pyridine rings is 1. The first-order valence-electron chi connectivity index (χ1n) is 4.38. The minimum Gasteiger partial charge on any atom is -0.462 e. The Morgan fingerprint density at radius 3 is 2.75 bits per heavy atom. The van der Waals surface area contributed by atoms with E-state index in [4.69, 9.17) is 17.3 Å². The maximum absolute atomic E-state index is 12.3. The number of halogens is 3. The van der Waals surface area contributed by atoms with Gasteiger partial charge in [0.2, 0.25) is 0 Å². The highest BCUT2D eigenvalue weighted by Gasteiger charge is 2.20. The molecule has 0 radical (unpaired) electrons. The van der Waals surface area contributed by atoms with Crippen LogP contribution in [0.15, 0.2) is 6.07 Å². The van der Waals surface area contributed by atoms with Crippen molar-refractivity contribution >= 4 is 23.4 Å². The molecule has 0 aromatic carbocycles. The first-order valence-corrected chi connectivity index (χ1v) is 4.76. The number of hydrogen-bond donors (Lipinski definition) is 1. The number of carbonyl (C=O) groups is 1. The number of aromatic nitrogens is 1. The van der Waals surface area contributed by atoms with E-state index in [1.807, 2.05) is 0 Å². The van der Waals surface area contributed by atoms with E-state index in [1.165, 1.54) is 0 Å². The van der Waals surface area contributed by atoms with Crippen molar-refractivity contribution in [3.05, 3.63) is 22.3 Å². The van der Waals surface area contributed by atoms with Crippen LogP contribution in [-0.4, -0.2) is 17.6 Å². The molecule has 7 heteroatoms. The number of alkyl halides is 2. The zero-order valence-electron chi connectivity index (χ0n) is 8.34. The van der Waals surface area contributed by atoms with E-state index in [2.05, 4.69) is 9.72 Å². The third-order valence-electron chi connectivity index (χ3n) is 1.72.